The van der Waals surface area contributed by atoms with Crippen molar-refractivity contribution in [3.63, 3.8) is 0 Å². The molecular weight excluding hydrogens is 504 g/mol. The van der Waals surface area contributed by atoms with Gasteiger partial charge in [-0.1, -0.05) is 18.2 Å². The zero-order valence-electron chi connectivity index (χ0n) is 16.4. The van der Waals surface area contributed by atoms with Gasteiger partial charge in [-0.2, -0.15) is 0 Å². The molecule has 7 heteroatoms. The van der Waals surface area contributed by atoms with Crippen molar-refractivity contribution in [1.82, 2.24) is 9.80 Å². The monoisotopic (exact) mass is 526 g/mol. The van der Waals surface area contributed by atoms with Crippen LogP contribution < -0.4 is 0 Å². The van der Waals surface area contributed by atoms with Gasteiger partial charge in [-0.05, 0) is 52.4 Å². The number of hydrogen-bond acceptors (Lipinski definition) is 2. The first-order chi connectivity index (χ1) is 14.3. The van der Waals surface area contributed by atoms with Crippen LogP contribution in [0.1, 0.15) is 21.5 Å². The van der Waals surface area contributed by atoms with E-state index in [1.807, 2.05) is 22.6 Å². The average molecular weight is 526 g/mol. The molecule has 1 aliphatic heterocycles. The molecule has 1 aliphatic rings. The van der Waals surface area contributed by atoms with Crippen LogP contribution in [0.5, 0.6) is 0 Å². The summed E-state index contributed by atoms with van der Waals surface area (Å²) in [5.74, 6) is -3.08. The number of amides is 1. The van der Waals surface area contributed by atoms with Gasteiger partial charge in [0.05, 0.1) is 0 Å². The molecule has 0 atom stereocenters. The molecule has 2 aromatic rings. The maximum Gasteiger partial charge on any atom is 0.254 e. The Labute approximate surface area is 188 Å². The van der Waals surface area contributed by atoms with Crippen LogP contribution >= 0.6 is 22.6 Å². The molecule has 0 spiro atoms. The molecule has 30 heavy (non-hydrogen) atoms. The maximum atomic E-state index is 14.6. The van der Waals surface area contributed by atoms with Crippen LogP contribution in [-0.4, -0.2) is 47.9 Å². The smallest absolute Gasteiger partial charge is 0.254 e. The number of carbonyl (C=O) groups excluding carboxylic acids is 1. The van der Waals surface area contributed by atoms with E-state index in [1.54, 1.807) is 23.1 Å². The lowest BCUT2D eigenvalue weighted by Gasteiger charge is -2.45. The minimum atomic E-state index is -1.11. The third kappa shape index (κ3) is 4.78. The fraction of sp³-hybridized carbons (Fsp3) is 0.261. The molecule has 1 saturated heterocycles. The van der Waals surface area contributed by atoms with Crippen molar-refractivity contribution in [2.24, 2.45) is 0 Å². The number of hydrogen-bond donors (Lipinski definition) is 0. The zero-order chi connectivity index (χ0) is 21.8. The van der Waals surface area contributed by atoms with E-state index in [0.29, 0.717) is 29.7 Å². The summed E-state index contributed by atoms with van der Waals surface area (Å²) in [5.41, 5.74) is 0.139. The molecule has 0 unspecified atom stereocenters. The minimum Gasteiger partial charge on any atom is -0.335 e. The molecule has 0 radical (unpaired) electrons. The van der Waals surface area contributed by atoms with Gasteiger partial charge in [0.15, 0.2) is 11.6 Å². The fourth-order valence-corrected chi connectivity index (χ4v) is 4.00. The zero-order valence-corrected chi connectivity index (χ0v) is 18.5. The predicted octanol–water partition coefficient (Wildman–Crippen LogP) is 4.80. The summed E-state index contributed by atoms with van der Waals surface area (Å²) in [6.45, 7) is 9.76. The number of carbonyl (C=O) groups is 1. The van der Waals surface area contributed by atoms with E-state index < -0.39 is 17.5 Å². The number of benzene rings is 2. The molecule has 0 saturated carbocycles. The Balaban J connectivity index is 1.82. The highest BCUT2D eigenvalue weighted by atomic mass is 127. The van der Waals surface area contributed by atoms with Gasteiger partial charge in [-0.3, -0.25) is 9.69 Å². The van der Waals surface area contributed by atoms with E-state index in [-0.39, 0.29) is 35.1 Å². The first-order valence-corrected chi connectivity index (χ1v) is 10.6. The molecule has 1 amide bonds. The van der Waals surface area contributed by atoms with E-state index in [1.165, 1.54) is 18.2 Å². The molecule has 2 aromatic carbocycles. The molecule has 0 bridgehead atoms. The van der Waals surface area contributed by atoms with Gasteiger partial charge in [-0.25, -0.2) is 13.2 Å². The second kappa shape index (κ2) is 9.78. The van der Waals surface area contributed by atoms with E-state index in [9.17, 15) is 18.0 Å². The van der Waals surface area contributed by atoms with Gasteiger partial charge < -0.3 is 4.90 Å². The van der Waals surface area contributed by atoms with Gasteiger partial charge in [0.25, 0.3) is 5.91 Å². The lowest BCUT2D eigenvalue weighted by molar-refractivity contribution is 0.0329. The van der Waals surface area contributed by atoms with Crippen molar-refractivity contribution in [3.05, 3.63) is 93.4 Å². The number of halogens is 4. The van der Waals surface area contributed by atoms with Gasteiger partial charge in [0.2, 0.25) is 0 Å². The van der Waals surface area contributed by atoms with Crippen molar-refractivity contribution in [3.8, 4) is 0 Å². The van der Waals surface area contributed by atoms with Crippen LogP contribution in [-0.2, 0) is 6.42 Å². The molecule has 3 nitrogen and oxygen atoms in total. The molecule has 0 N–H and O–H groups in total. The minimum absolute atomic E-state index is 0.0595. The lowest BCUT2D eigenvalue weighted by atomic mass is 9.96. The summed E-state index contributed by atoms with van der Waals surface area (Å²) in [6, 6.07) is 6.90. The van der Waals surface area contributed by atoms with Crippen molar-refractivity contribution in [1.29, 1.82) is 0 Å². The van der Waals surface area contributed by atoms with Crippen LogP contribution in [0.25, 0.3) is 0 Å². The van der Waals surface area contributed by atoms with Crippen molar-refractivity contribution in [2.75, 3.05) is 26.2 Å². The highest BCUT2D eigenvalue weighted by Crippen LogP contribution is 2.26. The van der Waals surface area contributed by atoms with Crippen molar-refractivity contribution >= 4 is 28.5 Å². The normalized spacial score (nSPS) is 14.0. The number of rotatable bonds is 8. The largest absolute Gasteiger partial charge is 0.335 e. The van der Waals surface area contributed by atoms with E-state index in [0.717, 1.165) is 6.07 Å². The molecule has 158 valence electrons. The summed E-state index contributed by atoms with van der Waals surface area (Å²) in [6.07, 6.45) is 3.37. The Kier molecular flexibility index (Phi) is 7.36. The second-order valence-electron chi connectivity index (χ2n) is 7.20. The number of nitrogens with zero attached hydrogens (tertiary/aromatic N) is 2. The molecular formula is C23H22F3IN2O. The standard InChI is InChI=1S/C23H22F3IN2O/c1-3-9-28(10-4-2)17-13-29(14-17)23(30)18-7-8-20(24)22(26)19(18)11-15-5-6-16(27)12-21(15)25/h3-8,12,17H,1-2,9-11,13-14H2. The first kappa shape index (κ1) is 22.6. The predicted molar refractivity (Wildman–Crippen MR) is 120 cm³/mol. The molecule has 1 heterocycles. The van der Waals surface area contributed by atoms with Crippen LogP contribution in [0, 0.1) is 21.0 Å². The first-order valence-electron chi connectivity index (χ1n) is 9.51. The average Bonchev–Trinajstić information content (AvgIpc) is 2.66. The Bertz CT molecular complexity index is 963. The summed E-state index contributed by atoms with van der Waals surface area (Å²) in [7, 11) is 0. The Morgan fingerprint density at radius 3 is 2.37 bits per heavy atom. The van der Waals surface area contributed by atoms with E-state index >= 15 is 0 Å². The van der Waals surface area contributed by atoms with Gasteiger partial charge in [0, 0.05) is 53.3 Å². The van der Waals surface area contributed by atoms with Gasteiger partial charge in [0.1, 0.15) is 5.82 Å². The Hall–Kier alpha value is -2.13. The molecule has 0 aromatic heterocycles. The third-order valence-electron chi connectivity index (χ3n) is 5.20. The molecule has 3 rings (SSSR count). The van der Waals surface area contributed by atoms with Crippen LogP contribution in [0.15, 0.2) is 55.6 Å². The van der Waals surface area contributed by atoms with Crippen molar-refractivity contribution in [2.45, 2.75) is 12.5 Å². The third-order valence-corrected chi connectivity index (χ3v) is 5.87. The SMILES string of the molecule is C=CCN(CC=C)C1CN(C(=O)c2ccc(F)c(F)c2Cc2ccc(I)cc2F)C1. The summed E-state index contributed by atoms with van der Waals surface area (Å²) in [5, 5.41) is 0. The number of likely N-dealkylation sites (tertiary alicyclic amines) is 1. The van der Waals surface area contributed by atoms with Crippen LogP contribution in [0.4, 0.5) is 13.2 Å². The van der Waals surface area contributed by atoms with E-state index in [4.69, 9.17) is 0 Å². The fourth-order valence-electron chi connectivity index (χ4n) is 3.55. The lowest BCUT2D eigenvalue weighted by Crippen LogP contribution is -2.61. The van der Waals surface area contributed by atoms with Crippen molar-refractivity contribution < 1.29 is 18.0 Å². The summed E-state index contributed by atoms with van der Waals surface area (Å²) >= 11 is 1.97. The van der Waals surface area contributed by atoms with Gasteiger partial charge >= 0.3 is 0 Å². The Morgan fingerprint density at radius 1 is 1.10 bits per heavy atom. The quantitative estimate of drug-likeness (QED) is 0.365. The highest BCUT2D eigenvalue weighted by Gasteiger charge is 2.35. The molecule has 0 aliphatic carbocycles. The molecule has 1 fully saturated rings. The van der Waals surface area contributed by atoms with E-state index in [2.05, 4.69) is 18.1 Å². The summed E-state index contributed by atoms with van der Waals surface area (Å²) < 4.78 is 43.5. The van der Waals surface area contributed by atoms with Crippen LogP contribution in [0.3, 0.4) is 0 Å². The van der Waals surface area contributed by atoms with Crippen LogP contribution in [0.2, 0.25) is 0 Å². The highest BCUT2D eigenvalue weighted by molar-refractivity contribution is 14.1. The Morgan fingerprint density at radius 2 is 1.77 bits per heavy atom. The topological polar surface area (TPSA) is 23.6 Å². The second-order valence-corrected chi connectivity index (χ2v) is 8.44. The summed E-state index contributed by atoms with van der Waals surface area (Å²) in [4.78, 5) is 16.7. The maximum absolute atomic E-state index is 14.6. The van der Waals surface area contributed by atoms with Gasteiger partial charge in [-0.15, -0.1) is 13.2 Å².